The molecule has 23 heavy (non-hydrogen) atoms. The molecule has 0 aromatic heterocycles. The summed E-state index contributed by atoms with van der Waals surface area (Å²) < 4.78 is 0. The van der Waals surface area contributed by atoms with Gasteiger partial charge in [0, 0.05) is 5.41 Å². The fourth-order valence-corrected chi connectivity index (χ4v) is 6.15. The zero-order valence-electron chi connectivity index (χ0n) is 15.2. The standard InChI is InChI=1S/C20H34O3/c1-18(2)9-8-16(22)20(4)14-7-10-19(3,17(23)12-21)11-13(14)5-6-15(18)20/h5,14-17,21-23H,6-12H2,1-4H3/t14?,15-,16+,17-,19-,20-/m0/s1. The van der Waals surface area contributed by atoms with Crippen molar-refractivity contribution < 1.29 is 15.3 Å². The van der Waals surface area contributed by atoms with Crippen LogP contribution in [0.4, 0.5) is 0 Å². The molecule has 3 N–H and O–H groups in total. The monoisotopic (exact) mass is 322 g/mol. The Morgan fingerprint density at radius 3 is 2.52 bits per heavy atom. The summed E-state index contributed by atoms with van der Waals surface area (Å²) in [7, 11) is 0. The second-order valence-electron chi connectivity index (χ2n) is 9.60. The molecule has 0 heterocycles. The zero-order valence-corrected chi connectivity index (χ0v) is 15.2. The van der Waals surface area contributed by atoms with E-state index in [0.29, 0.717) is 11.8 Å². The fourth-order valence-electron chi connectivity index (χ4n) is 6.15. The van der Waals surface area contributed by atoms with Crippen LogP contribution in [0.2, 0.25) is 0 Å². The summed E-state index contributed by atoms with van der Waals surface area (Å²) in [6.45, 7) is 8.98. The van der Waals surface area contributed by atoms with Crippen LogP contribution in [0.1, 0.15) is 66.2 Å². The largest absolute Gasteiger partial charge is 0.394 e. The number of aliphatic hydroxyl groups is 3. The van der Waals surface area contributed by atoms with E-state index < -0.39 is 6.10 Å². The highest BCUT2D eigenvalue weighted by molar-refractivity contribution is 5.25. The Labute approximate surface area is 140 Å². The van der Waals surface area contributed by atoms with Crippen LogP contribution in [0.5, 0.6) is 0 Å². The van der Waals surface area contributed by atoms with Crippen molar-refractivity contribution in [3.8, 4) is 0 Å². The molecular formula is C20H34O3. The quantitative estimate of drug-likeness (QED) is 0.684. The average molecular weight is 322 g/mol. The summed E-state index contributed by atoms with van der Waals surface area (Å²) in [5, 5.41) is 30.5. The first kappa shape index (κ1) is 17.4. The van der Waals surface area contributed by atoms with Gasteiger partial charge in [0.1, 0.15) is 0 Å². The van der Waals surface area contributed by atoms with Gasteiger partial charge in [0.2, 0.25) is 0 Å². The van der Waals surface area contributed by atoms with Crippen molar-refractivity contribution >= 4 is 0 Å². The maximum atomic E-state index is 10.9. The molecule has 0 spiro atoms. The van der Waals surface area contributed by atoms with E-state index in [9.17, 15) is 15.3 Å². The molecule has 3 heteroatoms. The molecule has 0 radical (unpaired) electrons. The van der Waals surface area contributed by atoms with Gasteiger partial charge in [-0.3, -0.25) is 0 Å². The van der Waals surface area contributed by atoms with Gasteiger partial charge in [0.05, 0.1) is 18.8 Å². The second kappa shape index (κ2) is 5.57. The van der Waals surface area contributed by atoms with Gasteiger partial charge in [-0.2, -0.15) is 0 Å². The second-order valence-corrected chi connectivity index (χ2v) is 9.60. The Morgan fingerprint density at radius 2 is 1.87 bits per heavy atom. The molecule has 6 atom stereocenters. The summed E-state index contributed by atoms with van der Waals surface area (Å²) in [4.78, 5) is 0. The van der Waals surface area contributed by atoms with Crippen LogP contribution in [0.15, 0.2) is 11.6 Å². The summed E-state index contributed by atoms with van der Waals surface area (Å²) >= 11 is 0. The molecule has 1 unspecified atom stereocenters. The Bertz CT molecular complexity index is 497. The first-order valence-corrected chi connectivity index (χ1v) is 9.31. The highest BCUT2D eigenvalue weighted by Crippen LogP contribution is 2.63. The lowest BCUT2D eigenvalue weighted by Gasteiger charge is -2.61. The molecule has 2 saturated carbocycles. The Hall–Kier alpha value is -0.380. The van der Waals surface area contributed by atoms with Crippen molar-refractivity contribution in [1.29, 1.82) is 0 Å². The molecule has 132 valence electrons. The van der Waals surface area contributed by atoms with E-state index in [0.717, 1.165) is 38.5 Å². The number of rotatable bonds is 2. The van der Waals surface area contributed by atoms with Crippen LogP contribution in [-0.2, 0) is 0 Å². The summed E-state index contributed by atoms with van der Waals surface area (Å²) in [5.41, 5.74) is 1.43. The van der Waals surface area contributed by atoms with E-state index in [1.54, 1.807) is 0 Å². The van der Waals surface area contributed by atoms with Gasteiger partial charge in [-0.1, -0.05) is 39.3 Å². The molecule has 3 aliphatic rings. The van der Waals surface area contributed by atoms with E-state index >= 15 is 0 Å². The summed E-state index contributed by atoms with van der Waals surface area (Å²) in [5.74, 6) is 0.953. The minimum atomic E-state index is -0.650. The van der Waals surface area contributed by atoms with Crippen LogP contribution < -0.4 is 0 Å². The minimum Gasteiger partial charge on any atom is -0.394 e. The third kappa shape index (κ3) is 2.51. The first-order chi connectivity index (χ1) is 10.6. The topological polar surface area (TPSA) is 60.7 Å². The lowest BCUT2D eigenvalue weighted by Crippen LogP contribution is -2.57. The Balaban J connectivity index is 1.94. The van der Waals surface area contributed by atoms with Crippen molar-refractivity contribution in [3.05, 3.63) is 11.6 Å². The summed E-state index contributed by atoms with van der Waals surface area (Å²) in [6.07, 6.45) is 7.37. The lowest BCUT2D eigenvalue weighted by atomic mass is 9.45. The van der Waals surface area contributed by atoms with Crippen LogP contribution >= 0.6 is 0 Å². The predicted molar refractivity (Wildman–Crippen MR) is 91.9 cm³/mol. The summed E-state index contributed by atoms with van der Waals surface area (Å²) in [6, 6.07) is 0. The van der Waals surface area contributed by atoms with Crippen molar-refractivity contribution in [3.63, 3.8) is 0 Å². The minimum absolute atomic E-state index is 0.0443. The molecule has 0 aromatic rings. The van der Waals surface area contributed by atoms with E-state index in [2.05, 4.69) is 33.8 Å². The molecular weight excluding hydrogens is 288 g/mol. The van der Waals surface area contributed by atoms with Gasteiger partial charge in [-0.05, 0) is 61.2 Å². The highest BCUT2D eigenvalue weighted by Gasteiger charge is 2.58. The van der Waals surface area contributed by atoms with Crippen molar-refractivity contribution in [1.82, 2.24) is 0 Å². The molecule has 2 fully saturated rings. The van der Waals surface area contributed by atoms with Gasteiger partial charge in [0.25, 0.3) is 0 Å². The molecule has 3 nitrogen and oxygen atoms in total. The molecule has 0 bridgehead atoms. The van der Waals surface area contributed by atoms with Gasteiger partial charge >= 0.3 is 0 Å². The van der Waals surface area contributed by atoms with Gasteiger partial charge < -0.3 is 15.3 Å². The zero-order chi connectivity index (χ0) is 17.0. The Kier molecular flexibility index (Phi) is 4.23. The molecule has 3 rings (SSSR count). The van der Waals surface area contributed by atoms with Crippen LogP contribution in [0.25, 0.3) is 0 Å². The Morgan fingerprint density at radius 1 is 1.17 bits per heavy atom. The molecule has 0 aromatic carbocycles. The first-order valence-electron chi connectivity index (χ1n) is 9.31. The molecule has 0 saturated heterocycles. The van der Waals surface area contributed by atoms with Gasteiger partial charge in [-0.25, -0.2) is 0 Å². The van der Waals surface area contributed by atoms with Crippen LogP contribution in [0.3, 0.4) is 0 Å². The number of hydrogen-bond donors (Lipinski definition) is 3. The number of hydrogen-bond acceptors (Lipinski definition) is 3. The van der Waals surface area contributed by atoms with E-state index in [-0.39, 0.29) is 29.0 Å². The van der Waals surface area contributed by atoms with E-state index in [1.807, 2.05) is 0 Å². The highest BCUT2D eigenvalue weighted by atomic mass is 16.3. The van der Waals surface area contributed by atoms with Gasteiger partial charge in [0.15, 0.2) is 0 Å². The smallest absolute Gasteiger partial charge is 0.0827 e. The number of aliphatic hydroxyl groups excluding tert-OH is 3. The normalized spacial score (nSPS) is 47.3. The molecule has 3 aliphatic carbocycles. The predicted octanol–water partition coefficient (Wildman–Crippen LogP) is 3.28. The molecule has 0 amide bonds. The van der Waals surface area contributed by atoms with Crippen molar-refractivity contribution in [2.45, 2.75) is 78.4 Å². The van der Waals surface area contributed by atoms with Crippen molar-refractivity contribution in [2.24, 2.45) is 28.1 Å². The molecule has 0 aliphatic heterocycles. The van der Waals surface area contributed by atoms with Crippen LogP contribution in [-0.4, -0.2) is 34.1 Å². The lowest BCUT2D eigenvalue weighted by molar-refractivity contribution is -0.140. The van der Waals surface area contributed by atoms with Crippen LogP contribution in [0, 0.1) is 28.1 Å². The maximum Gasteiger partial charge on any atom is 0.0827 e. The maximum absolute atomic E-state index is 10.9. The number of fused-ring (bicyclic) bond motifs is 3. The van der Waals surface area contributed by atoms with E-state index in [1.165, 1.54) is 5.57 Å². The number of allylic oxidation sites excluding steroid dienone is 2. The van der Waals surface area contributed by atoms with Crippen molar-refractivity contribution in [2.75, 3.05) is 6.61 Å². The third-order valence-electron chi connectivity index (χ3n) is 7.88. The SMILES string of the molecule is CC1(C)CC[C@@H](O)[C@@]2(C)C3CC[C@](C)([C@@H](O)CO)CC3=CC[C@@H]12. The third-order valence-corrected chi connectivity index (χ3v) is 7.88. The van der Waals surface area contributed by atoms with Gasteiger partial charge in [-0.15, -0.1) is 0 Å². The fraction of sp³-hybridized carbons (Fsp3) is 0.900. The average Bonchev–Trinajstić information content (AvgIpc) is 2.50. The van der Waals surface area contributed by atoms with E-state index in [4.69, 9.17) is 0 Å².